The maximum absolute atomic E-state index is 11.5. The molecular weight excluding hydrogens is 222 g/mol. The van der Waals surface area contributed by atoms with Crippen molar-refractivity contribution in [3.8, 4) is 6.07 Å². The average molecular weight is 237 g/mol. The summed E-state index contributed by atoms with van der Waals surface area (Å²) in [4.78, 5) is 0. The van der Waals surface area contributed by atoms with Gasteiger partial charge in [0, 0.05) is 34.5 Å². The van der Waals surface area contributed by atoms with E-state index in [1.807, 2.05) is 13.0 Å². The third-order valence-corrected chi connectivity index (χ3v) is 4.86. The highest BCUT2D eigenvalue weighted by Crippen LogP contribution is 2.07. The Morgan fingerprint density at radius 3 is 2.43 bits per heavy atom. The molecule has 0 radical (unpaired) electrons. The first-order valence-corrected chi connectivity index (χ1v) is 7.76. The van der Waals surface area contributed by atoms with Crippen LogP contribution in [-0.4, -0.2) is 35.6 Å². The summed E-state index contributed by atoms with van der Waals surface area (Å²) in [7, 11) is -4.26. The van der Waals surface area contributed by atoms with Gasteiger partial charge in [0.2, 0.25) is 0 Å². The van der Waals surface area contributed by atoms with Gasteiger partial charge in [0.1, 0.15) is 9.84 Å². The van der Waals surface area contributed by atoms with Gasteiger partial charge in [0.25, 0.3) is 0 Å². The van der Waals surface area contributed by atoms with E-state index in [4.69, 9.17) is 5.26 Å². The van der Waals surface area contributed by atoms with E-state index in [-0.39, 0.29) is 23.2 Å². The molecule has 0 spiro atoms. The molecule has 0 aliphatic heterocycles. The predicted octanol–water partition coefficient (Wildman–Crippen LogP) is 0.472. The number of sulfone groups is 1. The van der Waals surface area contributed by atoms with E-state index < -0.39 is 20.6 Å². The van der Waals surface area contributed by atoms with Crippen LogP contribution >= 0.6 is 0 Å². The molecule has 0 amide bonds. The Kier molecular flexibility index (Phi) is 5.96. The van der Waals surface area contributed by atoms with E-state index in [1.54, 1.807) is 0 Å². The fraction of sp³-hybridized carbons (Fsp3) is 0.875. The minimum atomic E-state index is -3.05. The lowest BCUT2D eigenvalue weighted by molar-refractivity contribution is 0.602. The molecule has 0 fully saturated rings. The Labute approximate surface area is 87.7 Å². The number of rotatable bonds is 6. The van der Waals surface area contributed by atoms with Gasteiger partial charge in [-0.25, -0.2) is 8.42 Å². The molecule has 0 saturated carbocycles. The van der Waals surface area contributed by atoms with E-state index in [9.17, 15) is 12.6 Å². The van der Waals surface area contributed by atoms with Crippen LogP contribution in [0.3, 0.4) is 0 Å². The van der Waals surface area contributed by atoms with Gasteiger partial charge in [-0.2, -0.15) is 5.26 Å². The van der Waals surface area contributed by atoms with Crippen LogP contribution in [0.25, 0.3) is 0 Å². The van der Waals surface area contributed by atoms with Gasteiger partial charge in [-0.1, -0.05) is 6.92 Å². The summed E-state index contributed by atoms with van der Waals surface area (Å²) in [5.74, 6) is 0.0700. The molecule has 0 saturated heterocycles. The summed E-state index contributed by atoms with van der Waals surface area (Å²) in [6, 6.07) is 1.95. The van der Waals surface area contributed by atoms with Gasteiger partial charge >= 0.3 is 0 Å². The largest absolute Gasteiger partial charge is 0.259 e. The van der Waals surface area contributed by atoms with Gasteiger partial charge in [-0.3, -0.25) is 4.21 Å². The maximum atomic E-state index is 11.5. The highest BCUT2D eigenvalue weighted by Gasteiger charge is 2.15. The molecule has 0 heterocycles. The second kappa shape index (κ2) is 6.14. The third-order valence-electron chi connectivity index (χ3n) is 1.80. The Morgan fingerprint density at radius 2 is 2.07 bits per heavy atom. The van der Waals surface area contributed by atoms with E-state index in [1.165, 1.54) is 0 Å². The zero-order valence-electron chi connectivity index (χ0n) is 8.39. The summed E-state index contributed by atoms with van der Waals surface area (Å²) in [6.45, 7) is 1.85. The fourth-order valence-electron chi connectivity index (χ4n) is 0.925. The Morgan fingerprint density at radius 1 is 1.50 bits per heavy atom. The lowest BCUT2D eigenvalue weighted by atomic mass is 10.3. The summed E-state index contributed by atoms with van der Waals surface area (Å²) in [5, 5.41) is 8.25. The van der Waals surface area contributed by atoms with Crippen molar-refractivity contribution in [3.63, 3.8) is 0 Å². The zero-order valence-corrected chi connectivity index (χ0v) is 10.0. The van der Waals surface area contributed by atoms with Crippen LogP contribution in [0.2, 0.25) is 0 Å². The predicted molar refractivity (Wildman–Crippen MR) is 57.0 cm³/mol. The lowest BCUT2D eigenvalue weighted by Crippen LogP contribution is -2.21. The highest BCUT2D eigenvalue weighted by molar-refractivity contribution is 7.92. The monoisotopic (exact) mass is 237 g/mol. The smallest absolute Gasteiger partial charge is 0.148 e. The number of hydrogen-bond acceptors (Lipinski definition) is 4. The molecular formula is C8H15NO3S2. The van der Waals surface area contributed by atoms with Crippen molar-refractivity contribution < 1.29 is 12.6 Å². The molecule has 2 unspecified atom stereocenters. The molecule has 0 aliphatic rings. The van der Waals surface area contributed by atoms with Gasteiger partial charge < -0.3 is 0 Å². The van der Waals surface area contributed by atoms with Crippen LogP contribution in [0.5, 0.6) is 0 Å². The highest BCUT2D eigenvalue weighted by atomic mass is 32.2. The quantitative estimate of drug-likeness (QED) is 0.673. The van der Waals surface area contributed by atoms with Crippen LogP contribution < -0.4 is 0 Å². The van der Waals surface area contributed by atoms with Crippen molar-refractivity contribution in [1.82, 2.24) is 0 Å². The number of hydrogen-bond donors (Lipinski definition) is 0. The molecule has 2 atom stereocenters. The second-order valence-corrected chi connectivity index (χ2v) is 7.20. The molecule has 6 heteroatoms. The first kappa shape index (κ1) is 13.6. The molecule has 82 valence electrons. The topological polar surface area (TPSA) is 75.0 Å². The summed E-state index contributed by atoms with van der Waals surface area (Å²) in [6.07, 6.45) is 1.99. The maximum Gasteiger partial charge on any atom is 0.148 e. The van der Waals surface area contributed by atoms with Crippen LogP contribution in [0, 0.1) is 11.3 Å². The molecule has 0 aromatic rings. The number of nitriles is 1. The van der Waals surface area contributed by atoms with Crippen LogP contribution in [-0.2, 0) is 20.6 Å². The molecule has 4 nitrogen and oxygen atoms in total. The van der Waals surface area contributed by atoms with Crippen molar-refractivity contribution in [1.29, 1.82) is 5.26 Å². The second-order valence-electron chi connectivity index (χ2n) is 3.11. The first-order valence-electron chi connectivity index (χ1n) is 4.32. The SMILES string of the molecule is CCC(CC#N)S(=O)CCS(C)(=O)=O. The Hall–Kier alpha value is -0.410. The van der Waals surface area contributed by atoms with Crippen LogP contribution in [0.1, 0.15) is 19.8 Å². The molecule has 0 rings (SSSR count). The van der Waals surface area contributed by atoms with Crippen molar-refractivity contribution >= 4 is 20.6 Å². The van der Waals surface area contributed by atoms with Gasteiger partial charge in [-0.05, 0) is 6.42 Å². The van der Waals surface area contributed by atoms with Gasteiger partial charge in [-0.15, -0.1) is 0 Å². The minimum absolute atomic E-state index is 0.0679. The molecule has 0 aliphatic carbocycles. The number of nitrogens with zero attached hydrogens (tertiary/aromatic N) is 1. The van der Waals surface area contributed by atoms with Crippen molar-refractivity contribution in [2.75, 3.05) is 17.8 Å². The van der Waals surface area contributed by atoms with Crippen molar-refractivity contribution in [3.05, 3.63) is 0 Å². The summed E-state index contributed by atoms with van der Waals surface area (Å²) < 4.78 is 33.1. The summed E-state index contributed by atoms with van der Waals surface area (Å²) in [5.41, 5.74) is 0. The Balaban J connectivity index is 4.14. The zero-order chi connectivity index (χ0) is 11.2. The van der Waals surface area contributed by atoms with Crippen LogP contribution in [0.15, 0.2) is 0 Å². The first-order chi connectivity index (χ1) is 6.40. The minimum Gasteiger partial charge on any atom is -0.259 e. The van der Waals surface area contributed by atoms with E-state index >= 15 is 0 Å². The van der Waals surface area contributed by atoms with Crippen molar-refractivity contribution in [2.45, 2.75) is 25.0 Å². The van der Waals surface area contributed by atoms with E-state index in [0.717, 1.165) is 6.26 Å². The molecule has 0 N–H and O–H groups in total. The van der Waals surface area contributed by atoms with Gasteiger partial charge in [0.15, 0.2) is 0 Å². The third kappa shape index (κ3) is 6.11. The van der Waals surface area contributed by atoms with Crippen LogP contribution in [0.4, 0.5) is 0 Å². The standard InChI is InChI=1S/C8H15NO3S2/c1-3-8(4-5-9)13(10)6-7-14(2,11)12/h8H,3-4,6-7H2,1-2H3. The molecule has 0 aromatic carbocycles. The normalized spacial score (nSPS) is 15.8. The fourth-order valence-corrected chi connectivity index (χ4v) is 3.76. The van der Waals surface area contributed by atoms with Crippen molar-refractivity contribution in [2.24, 2.45) is 0 Å². The molecule has 0 aromatic heterocycles. The average Bonchev–Trinajstić information content (AvgIpc) is 2.09. The summed E-state index contributed by atoms with van der Waals surface area (Å²) >= 11 is 0. The molecule has 0 bridgehead atoms. The molecule has 14 heavy (non-hydrogen) atoms. The van der Waals surface area contributed by atoms with E-state index in [0.29, 0.717) is 6.42 Å². The van der Waals surface area contributed by atoms with Gasteiger partial charge in [0.05, 0.1) is 11.8 Å². The Bertz CT molecular complexity index is 329. The van der Waals surface area contributed by atoms with E-state index in [2.05, 4.69) is 0 Å². The lowest BCUT2D eigenvalue weighted by Gasteiger charge is -2.09.